The first-order chi connectivity index (χ1) is 18.5. The molecule has 210 valence electrons. The number of hydrogen-bond acceptors (Lipinski definition) is 9. The fourth-order valence-electron chi connectivity index (χ4n) is 4.92. The second-order valence-corrected chi connectivity index (χ2v) is 10.1. The molecule has 1 aliphatic rings. The van der Waals surface area contributed by atoms with Crippen LogP contribution in [0.1, 0.15) is 44.3 Å². The van der Waals surface area contributed by atoms with E-state index in [1.165, 1.54) is 18.7 Å². The summed E-state index contributed by atoms with van der Waals surface area (Å²) >= 11 is 0. The van der Waals surface area contributed by atoms with Crippen LogP contribution in [0.5, 0.6) is 0 Å². The van der Waals surface area contributed by atoms with Crippen LogP contribution in [-0.4, -0.2) is 82.0 Å². The molecular formula is C25H31F3N8O3. The molecule has 11 nitrogen and oxygen atoms in total. The number of ether oxygens (including phenoxy) is 1. The number of aliphatic hydroxyl groups excluding tert-OH is 2. The Labute approximate surface area is 221 Å². The summed E-state index contributed by atoms with van der Waals surface area (Å²) in [6, 6.07) is 3.63. The van der Waals surface area contributed by atoms with Gasteiger partial charge in [-0.05, 0) is 51.4 Å². The number of aromatic amines is 1. The van der Waals surface area contributed by atoms with Crippen molar-refractivity contribution in [1.29, 1.82) is 0 Å². The third-order valence-corrected chi connectivity index (χ3v) is 7.11. The van der Waals surface area contributed by atoms with Crippen LogP contribution in [0.4, 0.5) is 19.0 Å². The lowest BCUT2D eigenvalue weighted by atomic mass is 10.1. The normalized spacial score (nSPS) is 22.2. The van der Waals surface area contributed by atoms with Gasteiger partial charge < -0.3 is 25.7 Å². The number of benzene rings is 1. The molecule has 0 spiro atoms. The number of halogens is 3. The Bertz CT molecular complexity index is 1440. The number of imidazole rings is 2. The molecule has 0 saturated carbocycles. The van der Waals surface area contributed by atoms with E-state index in [4.69, 9.17) is 10.5 Å². The van der Waals surface area contributed by atoms with E-state index in [2.05, 4.69) is 29.8 Å². The number of aliphatic hydroxyl groups is 2. The zero-order valence-corrected chi connectivity index (χ0v) is 21.5. The Hall–Kier alpha value is -3.33. The highest BCUT2D eigenvalue weighted by Gasteiger charge is 2.45. The van der Waals surface area contributed by atoms with Crippen molar-refractivity contribution in [3.05, 3.63) is 42.2 Å². The van der Waals surface area contributed by atoms with E-state index in [-0.39, 0.29) is 11.9 Å². The Kier molecular flexibility index (Phi) is 7.46. The predicted molar refractivity (Wildman–Crippen MR) is 136 cm³/mol. The van der Waals surface area contributed by atoms with Gasteiger partial charge in [0.2, 0.25) is 0 Å². The molecule has 5 rings (SSSR count). The van der Waals surface area contributed by atoms with Gasteiger partial charge in [0.1, 0.15) is 36.0 Å². The first kappa shape index (κ1) is 27.2. The van der Waals surface area contributed by atoms with Gasteiger partial charge in [-0.15, -0.1) is 0 Å². The van der Waals surface area contributed by atoms with Gasteiger partial charge in [0.05, 0.1) is 22.9 Å². The highest BCUT2D eigenvalue weighted by atomic mass is 19.4. The lowest BCUT2D eigenvalue weighted by molar-refractivity contribution is -0.137. The molecule has 4 atom stereocenters. The summed E-state index contributed by atoms with van der Waals surface area (Å²) < 4.78 is 46.6. The number of nitrogens with two attached hydrogens (primary N) is 1. The number of nitrogens with zero attached hydrogens (tertiary/aromatic N) is 6. The van der Waals surface area contributed by atoms with Crippen LogP contribution in [-0.2, 0) is 17.3 Å². The van der Waals surface area contributed by atoms with Gasteiger partial charge in [-0.25, -0.2) is 19.9 Å². The third-order valence-electron chi connectivity index (χ3n) is 7.11. The topological polar surface area (TPSA) is 151 Å². The van der Waals surface area contributed by atoms with E-state index < -0.39 is 36.3 Å². The summed E-state index contributed by atoms with van der Waals surface area (Å²) in [7, 11) is 0. The largest absolute Gasteiger partial charge is 0.416 e. The minimum Gasteiger partial charge on any atom is -0.387 e. The number of rotatable bonds is 9. The van der Waals surface area contributed by atoms with Gasteiger partial charge in [0.15, 0.2) is 17.7 Å². The van der Waals surface area contributed by atoms with Gasteiger partial charge in [0.25, 0.3) is 0 Å². The minimum atomic E-state index is -4.40. The zero-order valence-electron chi connectivity index (χ0n) is 21.5. The number of aromatic nitrogens is 6. The molecule has 4 heterocycles. The van der Waals surface area contributed by atoms with Crippen molar-refractivity contribution in [3.63, 3.8) is 0 Å². The Morgan fingerprint density at radius 1 is 1.15 bits per heavy atom. The molecule has 1 saturated heterocycles. The number of fused-ring (bicyclic) bond motifs is 2. The Balaban J connectivity index is 1.18. The summed E-state index contributed by atoms with van der Waals surface area (Å²) in [5, 5.41) is 21.5. The van der Waals surface area contributed by atoms with Gasteiger partial charge in [-0.1, -0.05) is 0 Å². The van der Waals surface area contributed by atoms with E-state index in [0.717, 1.165) is 25.0 Å². The molecule has 0 aliphatic carbocycles. The Morgan fingerprint density at radius 2 is 1.95 bits per heavy atom. The average molecular weight is 549 g/mol. The van der Waals surface area contributed by atoms with Gasteiger partial charge in [-0.2, -0.15) is 13.2 Å². The number of anilines is 1. The maximum atomic E-state index is 13.0. The molecule has 5 N–H and O–H groups in total. The molecule has 14 heteroatoms. The van der Waals surface area contributed by atoms with Crippen molar-refractivity contribution in [2.45, 2.75) is 69.9 Å². The molecule has 0 amide bonds. The molecule has 3 aromatic heterocycles. The molecule has 1 aromatic carbocycles. The fraction of sp³-hybridized carbons (Fsp3) is 0.520. The number of H-pyrrole nitrogens is 1. The van der Waals surface area contributed by atoms with Crippen LogP contribution in [0.15, 0.2) is 30.9 Å². The summed E-state index contributed by atoms with van der Waals surface area (Å²) in [6.07, 6.45) is -3.35. The van der Waals surface area contributed by atoms with E-state index in [9.17, 15) is 23.4 Å². The summed E-state index contributed by atoms with van der Waals surface area (Å²) in [5.41, 5.74) is 6.81. The van der Waals surface area contributed by atoms with Crippen LogP contribution < -0.4 is 5.73 Å². The van der Waals surface area contributed by atoms with Gasteiger partial charge >= 0.3 is 6.18 Å². The van der Waals surface area contributed by atoms with Crippen molar-refractivity contribution in [1.82, 2.24) is 34.4 Å². The van der Waals surface area contributed by atoms with Crippen LogP contribution in [0.25, 0.3) is 22.2 Å². The van der Waals surface area contributed by atoms with Crippen molar-refractivity contribution >= 4 is 28.0 Å². The second kappa shape index (κ2) is 10.7. The molecule has 1 fully saturated rings. The van der Waals surface area contributed by atoms with Crippen LogP contribution in [0, 0.1) is 0 Å². The van der Waals surface area contributed by atoms with Crippen molar-refractivity contribution in [2.24, 2.45) is 0 Å². The van der Waals surface area contributed by atoms with Gasteiger partial charge in [-0.3, -0.25) is 9.47 Å². The standard InChI is InChI=1S/C25H31F3N8O3/c1-13(2)35(8-4-3-5-18-33-15-7-6-14(25(26,27)28)9-16(15)34-18)10-17-20(37)21(38)24(39-17)36-12-32-19-22(29)30-11-31-23(19)36/h6-7,9,11-13,17,20-21,24,37-38H,3-5,8,10H2,1-2H3,(H,33,34)(H2,29,30,31)/t17-,20-,21-,24?/m1/s1. The van der Waals surface area contributed by atoms with E-state index in [1.807, 2.05) is 13.8 Å². The molecule has 0 bridgehead atoms. The summed E-state index contributed by atoms with van der Waals surface area (Å²) in [6.45, 7) is 5.16. The van der Waals surface area contributed by atoms with Crippen LogP contribution in [0.2, 0.25) is 0 Å². The number of alkyl halides is 3. The second-order valence-electron chi connectivity index (χ2n) is 10.1. The fourth-order valence-corrected chi connectivity index (χ4v) is 4.92. The SMILES string of the molecule is CC(C)N(CCCCc1nc2ccc(C(F)(F)F)cc2[nH]1)C[C@H]1OC(n2cnc3c(N)ncnc32)[C@H](O)[C@@H]1O. The average Bonchev–Trinajstić information content (AvgIpc) is 3.57. The predicted octanol–water partition coefficient (Wildman–Crippen LogP) is 2.66. The highest BCUT2D eigenvalue weighted by Crippen LogP contribution is 2.33. The first-order valence-electron chi connectivity index (χ1n) is 12.8. The third kappa shape index (κ3) is 5.55. The van der Waals surface area contributed by atoms with E-state index >= 15 is 0 Å². The number of hydrogen-bond donors (Lipinski definition) is 4. The van der Waals surface area contributed by atoms with Crippen molar-refractivity contribution in [3.8, 4) is 0 Å². The van der Waals surface area contributed by atoms with E-state index in [0.29, 0.717) is 47.5 Å². The maximum Gasteiger partial charge on any atom is 0.416 e. The molecule has 4 aromatic rings. The van der Waals surface area contributed by atoms with Crippen molar-refractivity contribution in [2.75, 3.05) is 18.8 Å². The summed E-state index contributed by atoms with van der Waals surface area (Å²) in [5.74, 6) is 0.848. The number of unbranched alkanes of at least 4 members (excludes halogenated alkanes) is 1. The lowest BCUT2D eigenvalue weighted by Gasteiger charge is -2.30. The lowest BCUT2D eigenvalue weighted by Crippen LogP contribution is -2.43. The van der Waals surface area contributed by atoms with Gasteiger partial charge in [0, 0.05) is 19.0 Å². The summed E-state index contributed by atoms with van der Waals surface area (Å²) in [4.78, 5) is 21.9. The molecule has 39 heavy (non-hydrogen) atoms. The van der Waals surface area contributed by atoms with Crippen LogP contribution >= 0.6 is 0 Å². The van der Waals surface area contributed by atoms with E-state index in [1.54, 1.807) is 4.57 Å². The first-order valence-corrected chi connectivity index (χ1v) is 12.8. The maximum absolute atomic E-state index is 13.0. The van der Waals surface area contributed by atoms with Crippen molar-refractivity contribution < 1.29 is 28.1 Å². The molecular weight excluding hydrogens is 517 g/mol. The molecule has 1 unspecified atom stereocenters. The number of nitrogen functional groups attached to an aromatic ring is 1. The number of aryl methyl sites for hydroxylation is 1. The zero-order chi connectivity index (χ0) is 27.9. The number of nitrogens with one attached hydrogen (secondary N) is 1. The highest BCUT2D eigenvalue weighted by molar-refractivity contribution is 5.81. The van der Waals surface area contributed by atoms with Crippen LogP contribution in [0.3, 0.4) is 0 Å². The minimum absolute atomic E-state index is 0.144. The molecule has 0 radical (unpaired) electrons. The quantitative estimate of drug-likeness (QED) is 0.231. The Morgan fingerprint density at radius 3 is 2.69 bits per heavy atom. The smallest absolute Gasteiger partial charge is 0.387 e. The molecule has 1 aliphatic heterocycles. The monoisotopic (exact) mass is 548 g/mol.